The van der Waals surface area contributed by atoms with Crippen LogP contribution >= 0.6 is 0 Å². The molecule has 1 atom stereocenters. The lowest BCUT2D eigenvalue weighted by Crippen LogP contribution is -2.52. The number of aryl methyl sites for hydroxylation is 1. The van der Waals surface area contributed by atoms with E-state index in [2.05, 4.69) is 31.1 Å². The number of hydrogen-bond donors (Lipinski definition) is 1. The maximum Gasteiger partial charge on any atom is 0.263 e. The van der Waals surface area contributed by atoms with Gasteiger partial charge < -0.3 is 19.3 Å². The SMILES string of the molecule is Cc1ccc(C(C)C)c(OC(C)C(=O)N2CC(c3cc(CO)on3)C2)c1. The summed E-state index contributed by atoms with van der Waals surface area (Å²) < 4.78 is 11.0. The first-order chi connectivity index (χ1) is 12.4. The molecule has 1 aliphatic heterocycles. The fourth-order valence-corrected chi connectivity index (χ4v) is 3.16. The van der Waals surface area contributed by atoms with Crippen LogP contribution in [0.25, 0.3) is 0 Å². The third-order valence-corrected chi connectivity index (χ3v) is 4.79. The minimum Gasteiger partial charge on any atom is -0.481 e. The van der Waals surface area contributed by atoms with Crippen LogP contribution in [0.5, 0.6) is 5.75 Å². The first-order valence-electron chi connectivity index (χ1n) is 9.01. The molecule has 0 bridgehead atoms. The van der Waals surface area contributed by atoms with Gasteiger partial charge in [0.2, 0.25) is 0 Å². The van der Waals surface area contributed by atoms with Crippen molar-refractivity contribution in [2.75, 3.05) is 13.1 Å². The molecular formula is C20H26N2O4. The largest absolute Gasteiger partial charge is 0.481 e. The van der Waals surface area contributed by atoms with Crippen LogP contribution in [-0.2, 0) is 11.4 Å². The quantitative estimate of drug-likeness (QED) is 0.859. The molecule has 1 amide bonds. The second-order valence-electron chi connectivity index (χ2n) is 7.27. The lowest BCUT2D eigenvalue weighted by molar-refractivity contribution is -0.142. The Balaban J connectivity index is 1.60. The van der Waals surface area contributed by atoms with Crippen molar-refractivity contribution in [1.29, 1.82) is 0 Å². The molecule has 1 N–H and O–H groups in total. The van der Waals surface area contributed by atoms with Gasteiger partial charge in [-0.05, 0) is 37.0 Å². The average molecular weight is 358 g/mol. The molecule has 1 fully saturated rings. The predicted octanol–water partition coefficient (Wildman–Crippen LogP) is 2.99. The molecule has 3 rings (SSSR count). The molecule has 26 heavy (non-hydrogen) atoms. The zero-order valence-corrected chi connectivity index (χ0v) is 15.7. The van der Waals surface area contributed by atoms with Crippen LogP contribution in [0.15, 0.2) is 28.8 Å². The van der Waals surface area contributed by atoms with Crippen LogP contribution in [0.4, 0.5) is 0 Å². The normalized spacial score (nSPS) is 15.8. The number of rotatable bonds is 6. The Bertz CT molecular complexity index is 778. The van der Waals surface area contributed by atoms with E-state index in [4.69, 9.17) is 14.4 Å². The van der Waals surface area contributed by atoms with Crippen molar-refractivity contribution in [3.05, 3.63) is 46.8 Å². The van der Waals surface area contributed by atoms with Gasteiger partial charge in [-0.15, -0.1) is 0 Å². The van der Waals surface area contributed by atoms with Gasteiger partial charge in [-0.2, -0.15) is 0 Å². The molecule has 1 aromatic heterocycles. The molecule has 1 saturated heterocycles. The molecule has 0 saturated carbocycles. The molecular weight excluding hydrogens is 332 g/mol. The number of benzene rings is 1. The summed E-state index contributed by atoms with van der Waals surface area (Å²) in [5.41, 5.74) is 3.00. The summed E-state index contributed by atoms with van der Waals surface area (Å²) >= 11 is 0. The summed E-state index contributed by atoms with van der Waals surface area (Å²) in [6.45, 7) is 9.06. The molecule has 0 spiro atoms. The van der Waals surface area contributed by atoms with Crippen molar-refractivity contribution in [1.82, 2.24) is 10.1 Å². The smallest absolute Gasteiger partial charge is 0.263 e. The number of aliphatic hydroxyl groups excluding tert-OH is 1. The standard InChI is InChI=1S/C20H26N2O4/c1-12(2)17-6-5-13(3)7-19(17)25-14(4)20(24)22-9-15(10-22)18-8-16(11-23)26-21-18/h5-8,12,14-15,23H,9-11H2,1-4H3. The number of amides is 1. The highest BCUT2D eigenvalue weighted by molar-refractivity contribution is 5.82. The number of carbonyl (C=O) groups excluding carboxylic acids is 1. The first kappa shape index (κ1) is 18.5. The number of carbonyl (C=O) groups is 1. The highest BCUT2D eigenvalue weighted by Crippen LogP contribution is 2.30. The number of likely N-dealkylation sites (tertiary alicyclic amines) is 1. The summed E-state index contributed by atoms with van der Waals surface area (Å²) in [5.74, 6) is 1.68. The Hall–Kier alpha value is -2.34. The van der Waals surface area contributed by atoms with Crippen molar-refractivity contribution in [3.8, 4) is 5.75 Å². The number of ether oxygens (including phenoxy) is 1. The molecule has 6 heteroatoms. The van der Waals surface area contributed by atoms with Crippen LogP contribution < -0.4 is 4.74 Å². The third-order valence-electron chi connectivity index (χ3n) is 4.79. The van der Waals surface area contributed by atoms with Crippen LogP contribution in [0.3, 0.4) is 0 Å². The Morgan fingerprint density at radius 2 is 2.08 bits per heavy atom. The summed E-state index contributed by atoms with van der Waals surface area (Å²) in [4.78, 5) is 14.4. The Morgan fingerprint density at radius 3 is 2.69 bits per heavy atom. The van der Waals surface area contributed by atoms with Gasteiger partial charge in [-0.1, -0.05) is 31.1 Å². The fraction of sp³-hybridized carbons (Fsp3) is 0.500. The maximum absolute atomic E-state index is 12.7. The number of aromatic nitrogens is 1. The van der Waals surface area contributed by atoms with Crippen LogP contribution in [0.1, 0.15) is 55.2 Å². The lowest BCUT2D eigenvalue weighted by Gasteiger charge is -2.39. The molecule has 1 aliphatic rings. The molecule has 0 radical (unpaired) electrons. The van der Waals surface area contributed by atoms with Crippen LogP contribution in [0, 0.1) is 6.92 Å². The van der Waals surface area contributed by atoms with E-state index in [1.807, 2.05) is 13.0 Å². The van der Waals surface area contributed by atoms with E-state index in [9.17, 15) is 4.79 Å². The Morgan fingerprint density at radius 1 is 1.35 bits per heavy atom. The van der Waals surface area contributed by atoms with E-state index >= 15 is 0 Å². The summed E-state index contributed by atoms with van der Waals surface area (Å²) in [5, 5.41) is 13.0. The molecule has 1 aromatic carbocycles. The third kappa shape index (κ3) is 3.75. The Kier molecular flexibility index (Phi) is 5.32. The van der Waals surface area contributed by atoms with E-state index in [0.29, 0.717) is 24.8 Å². The highest BCUT2D eigenvalue weighted by atomic mass is 16.5. The topological polar surface area (TPSA) is 75.8 Å². The van der Waals surface area contributed by atoms with Gasteiger partial charge in [0.15, 0.2) is 11.9 Å². The van der Waals surface area contributed by atoms with E-state index in [1.165, 1.54) is 0 Å². The van der Waals surface area contributed by atoms with E-state index in [-0.39, 0.29) is 18.4 Å². The summed E-state index contributed by atoms with van der Waals surface area (Å²) in [7, 11) is 0. The number of hydrogen-bond acceptors (Lipinski definition) is 5. The van der Waals surface area contributed by atoms with Crippen LogP contribution in [0.2, 0.25) is 0 Å². The minimum atomic E-state index is -0.541. The molecule has 6 nitrogen and oxygen atoms in total. The lowest BCUT2D eigenvalue weighted by atomic mass is 9.95. The van der Waals surface area contributed by atoms with E-state index in [1.54, 1.807) is 17.9 Å². The summed E-state index contributed by atoms with van der Waals surface area (Å²) in [6, 6.07) is 7.86. The maximum atomic E-state index is 12.7. The zero-order chi connectivity index (χ0) is 18.8. The van der Waals surface area contributed by atoms with Gasteiger partial charge in [0.1, 0.15) is 12.4 Å². The van der Waals surface area contributed by atoms with Gasteiger partial charge >= 0.3 is 0 Å². The van der Waals surface area contributed by atoms with Gasteiger partial charge in [-0.25, -0.2) is 0 Å². The Labute approximate surface area is 153 Å². The van der Waals surface area contributed by atoms with E-state index < -0.39 is 6.10 Å². The minimum absolute atomic E-state index is 0.0247. The zero-order valence-electron chi connectivity index (χ0n) is 15.7. The number of aliphatic hydroxyl groups is 1. The molecule has 140 valence electrons. The molecule has 2 aromatic rings. The van der Waals surface area contributed by atoms with Crippen molar-refractivity contribution in [2.24, 2.45) is 0 Å². The monoisotopic (exact) mass is 358 g/mol. The molecule has 2 heterocycles. The highest BCUT2D eigenvalue weighted by Gasteiger charge is 2.36. The van der Waals surface area contributed by atoms with E-state index in [0.717, 1.165) is 22.6 Å². The summed E-state index contributed by atoms with van der Waals surface area (Å²) in [6.07, 6.45) is -0.541. The van der Waals surface area contributed by atoms with Crippen LogP contribution in [-0.4, -0.2) is 40.3 Å². The van der Waals surface area contributed by atoms with Gasteiger partial charge in [0, 0.05) is 25.1 Å². The predicted molar refractivity (Wildman–Crippen MR) is 97.1 cm³/mol. The second kappa shape index (κ2) is 7.50. The van der Waals surface area contributed by atoms with Gasteiger partial charge in [0.05, 0.1) is 5.69 Å². The molecule has 0 aliphatic carbocycles. The number of nitrogens with zero attached hydrogens (tertiary/aromatic N) is 2. The van der Waals surface area contributed by atoms with Gasteiger partial charge in [-0.3, -0.25) is 4.79 Å². The van der Waals surface area contributed by atoms with Crippen molar-refractivity contribution < 1.29 is 19.2 Å². The average Bonchev–Trinajstić information content (AvgIpc) is 3.01. The molecule has 1 unspecified atom stereocenters. The second-order valence-corrected chi connectivity index (χ2v) is 7.27. The van der Waals surface area contributed by atoms with Crippen molar-refractivity contribution >= 4 is 5.91 Å². The van der Waals surface area contributed by atoms with Crippen molar-refractivity contribution in [2.45, 2.75) is 52.2 Å². The first-order valence-corrected chi connectivity index (χ1v) is 9.01. The fourth-order valence-electron chi connectivity index (χ4n) is 3.16. The van der Waals surface area contributed by atoms with Crippen molar-refractivity contribution in [3.63, 3.8) is 0 Å². The van der Waals surface area contributed by atoms with Gasteiger partial charge in [0.25, 0.3) is 5.91 Å².